The van der Waals surface area contributed by atoms with E-state index in [1.165, 1.54) is 0 Å². The van der Waals surface area contributed by atoms with Crippen molar-refractivity contribution < 1.29 is 13.2 Å². The molecule has 0 saturated heterocycles. The number of aromatic nitrogens is 2. The summed E-state index contributed by atoms with van der Waals surface area (Å²) in [6.45, 7) is 5.87. The minimum Gasteiger partial charge on any atom is -0.333 e. The number of nitrogens with two attached hydrogens (primary N) is 1. The molecule has 1 aromatic rings. The molecule has 0 aromatic carbocycles. The fourth-order valence-electron chi connectivity index (χ4n) is 2.19. The fourth-order valence-corrected chi connectivity index (χ4v) is 2.19. The second-order valence-corrected chi connectivity index (χ2v) is 5.97. The summed E-state index contributed by atoms with van der Waals surface area (Å²) in [6.07, 6.45) is -2.57. The van der Waals surface area contributed by atoms with Crippen LogP contribution in [0.25, 0.3) is 0 Å². The molecule has 1 aromatic heterocycles. The van der Waals surface area contributed by atoms with E-state index >= 15 is 0 Å². The van der Waals surface area contributed by atoms with Crippen LogP contribution in [0.5, 0.6) is 0 Å². The number of rotatable bonds is 0. The molecular weight excluding hydrogens is 243 g/mol. The fraction of sp³-hybridized carbons (Fsp3) is 0.750. The van der Waals surface area contributed by atoms with Crippen molar-refractivity contribution in [2.75, 3.05) is 0 Å². The first-order valence-electron chi connectivity index (χ1n) is 5.99. The standard InChI is InChI=1S/C12H18F3N3/c1-11(2,3)9-6-18-5-7(12(13,14)15)4-8(16)10(18)17-9/h6-8H,4-5,16H2,1-3H3. The number of fused-ring (bicyclic) bond motifs is 1. The maximum absolute atomic E-state index is 12.8. The molecule has 2 rings (SSSR count). The molecular formula is C12H18F3N3. The lowest BCUT2D eigenvalue weighted by Crippen LogP contribution is -2.36. The molecule has 102 valence electrons. The molecule has 0 aliphatic carbocycles. The number of hydrogen-bond donors (Lipinski definition) is 1. The normalized spacial score (nSPS) is 25.1. The van der Waals surface area contributed by atoms with Gasteiger partial charge in [0.25, 0.3) is 0 Å². The second-order valence-electron chi connectivity index (χ2n) is 5.97. The summed E-state index contributed by atoms with van der Waals surface area (Å²) in [7, 11) is 0. The van der Waals surface area contributed by atoms with Gasteiger partial charge in [-0.05, 0) is 6.42 Å². The number of halogens is 3. The third-order valence-electron chi connectivity index (χ3n) is 3.33. The van der Waals surface area contributed by atoms with Gasteiger partial charge in [0.1, 0.15) is 5.82 Å². The molecule has 0 fully saturated rings. The maximum atomic E-state index is 12.8. The molecule has 2 N–H and O–H groups in total. The summed E-state index contributed by atoms with van der Waals surface area (Å²) in [5.74, 6) is -0.803. The summed E-state index contributed by atoms with van der Waals surface area (Å²) in [5, 5.41) is 0. The topological polar surface area (TPSA) is 43.8 Å². The Labute approximate surface area is 104 Å². The minimum atomic E-state index is -4.19. The van der Waals surface area contributed by atoms with E-state index in [4.69, 9.17) is 5.73 Å². The predicted octanol–water partition coefficient (Wildman–Crippen LogP) is 2.76. The Morgan fingerprint density at radius 2 is 1.94 bits per heavy atom. The molecule has 0 spiro atoms. The van der Waals surface area contributed by atoms with Crippen molar-refractivity contribution in [3.05, 3.63) is 17.7 Å². The molecule has 2 unspecified atom stereocenters. The van der Waals surface area contributed by atoms with Gasteiger partial charge in [-0.15, -0.1) is 0 Å². The Hall–Kier alpha value is -1.04. The van der Waals surface area contributed by atoms with E-state index in [2.05, 4.69) is 4.98 Å². The summed E-state index contributed by atoms with van der Waals surface area (Å²) in [6, 6.07) is -0.638. The zero-order chi connectivity index (χ0) is 13.7. The van der Waals surface area contributed by atoms with Gasteiger partial charge < -0.3 is 10.3 Å². The van der Waals surface area contributed by atoms with Gasteiger partial charge in [0.2, 0.25) is 0 Å². The summed E-state index contributed by atoms with van der Waals surface area (Å²) in [4.78, 5) is 4.39. The van der Waals surface area contributed by atoms with E-state index in [-0.39, 0.29) is 18.4 Å². The lowest BCUT2D eigenvalue weighted by atomic mass is 9.93. The van der Waals surface area contributed by atoms with E-state index < -0.39 is 18.1 Å². The van der Waals surface area contributed by atoms with Crippen molar-refractivity contribution in [3.8, 4) is 0 Å². The molecule has 18 heavy (non-hydrogen) atoms. The zero-order valence-electron chi connectivity index (χ0n) is 10.8. The average Bonchev–Trinajstić information content (AvgIpc) is 2.59. The molecule has 0 saturated carbocycles. The van der Waals surface area contributed by atoms with Crippen LogP contribution in [0.2, 0.25) is 0 Å². The van der Waals surface area contributed by atoms with Crippen molar-refractivity contribution in [2.45, 2.75) is 51.4 Å². The number of nitrogens with zero attached hydrogens (tertiary/aromatic N) is 2. The summed E-state index contributed by atoms with van der Waals surface area (Å²) >= 11 is 0. The van der Waals surface area contributed by atoms with Crippen LogP contribution in [-0.4, -0.2) is 15.7 Å². The predicted molar refractivity (Wildman–Crippen MR) is 62.0 cm³/mol. The molecule has 0 amide bonds. The molecule has 2 heterocycles. The third kappa shape index (κ3) is 2.39. The number of hydrogen-bond acceptors (Lipinski definition) is 2. The largest absolute Gasteiger partial charge is 0.393 e. The third-order valence-corrected chi connectivity index (χ3v) is 3.33. The van der Waals surface area contributed by atoms with E-state index in [9.17, 15) is 13.2 Å². The van der Waals surface area contributed by atoms with Gasteiger partial charge >= 0.3 is 6.18 Å². The van der Waals surface area contributed by atoms with Gasteiger partial charge in [-0.3, -0.25) is 0 Å². The Bertz CT molecular complexity index is 442. The first-order chi connectivity index (χ1) is 8.09. The maximum Gasteiger partial charge on any atom is 0.393 e. The number of alkyl halides is 3. The van der Waals surface area contributed by atoms with Crippen LogP contribution in [-0.2, 0) is 12.0 Å². The van der Waals surface area contributed by atoms with Crippen LogP contribution in [0.3, 0.4) is 0 Å². The first kappa shape index (κ1) is 13.4. The molecule has 3 nitrogen and oxygen atoms in total. The van der Waals surface area contributed by atoms with E-state index in [1.807, 2.05) is 20.8 Å². The van der Waals surface area contributed by atoms with Crippen molar-refractivity contribution in [2.24, 2.45) is 11.7 Å². The Balaban J connectivity index is 2.34. The van der Waals surface area contributed by atoms with Crippen LogP contribution in [0.4, 0.5) is 13.2 Å². The monoisotopic (exact) mass is 261 g/mol. The van der Waals surface area contributed by atoms with Gasteiger partial charge in [0.05, 0.1) is 17.7 Å². The lowest BCUT2D eigenvalue weighted by Gasteiger charge is -2.29. The Morgan fingerprint density at radius 3 is 2.44 bits per heavy atom. The Morgan fingerprint density at radius 1 is 1.33 bits per heavy atom. The van der Waals surface area contributed by atoms with Crippen LogP contribution in [0.15, 0.2) is 6.20 Å². The van der Waals surface area contributed by atoms with E-state index in [0.29, 0.717) is 5.82 Å². The van der Waals surface area contributed by atoms with Crippen molar-refractivity contribution in [1.29, 1.82) is 0 Å². The highest BCUT2D eigenvalue weighted by Gasteiger charge is 2.44. The van der Waals surface area contributed by atoms with Crippen molar-refractivity contribution in [3.63, 3.8) is 0 Å². The molecule has 0 radical (unpaired) electrons. The van der Waals surface area contributed by atoms with E-state index in [0.717, 1.165) is 5.69 Å². The highest BCUT2D eigenvalue weighted by atomic mass is 19.4. The average molecular weight is 261 g/mol. The van der Waals surface area contributed by atoms with Crippen LogP contribution >= 0.6 is 0 Å². The zero-order valence-corrected chi connectivity index (χ0v) is 10.8. The summed E-state index contributed by atoms with van der Waals surface area (Å²) in [5.41, 5.74) is 6.41. The van der Waals surface area contributed by atoms with Crippen LogP contribution < -0.4 is 5.73 Å². The minimum absolute atomic E-state index is 0.0738. The van der Waals surface area contributed by atoms with Gasteiger partial charge in [-0.25, -0.2) is 4.98 Å². The van der Waals surface area contributed by atoms with Crippen LogP contribution in [0.1, 0.15) is 44.8 Å². The number of imidazole rings is 1. The van der Waals surface area contributed by atoms with Crippen LogP contribution in [0, 0.1) is 5.92 Å². The van der Waals surface area contributed by atoms with Crippen molar-refractivity contribution in [1.82, 2.24) is 9.55 Å². The first-order valence-corrected chi connectivity index (χ1v) is 5.99. The lowest BCUT2D eigenvalue weighted by molar-refractivity contribution is -0.184. The smallest absolute Gasteiger partial charge is 0.333 e. The van der Waals surface area contributed by atoms with Crippen molar-refractivity contribution >= 4 is 0 Å². The summed E-state index contributed by atoms with van der Waals surface area (Å²) < 4.78 is 39.8. The molecule has 6 heteroatoms. The Kier molecular flexibility index (Phi) is 2.96. The second kappa shape index (κ2) is 3.98. The van der Waals surface area contributed by atoms with Gasteiger partial charge in [0.15, 0.2) is 0 Å². The molecule has 1 aliphatic rings. The quantitative estimate of drug-likeness (QED) is 0.780. The molecule has 1 aliphatic heterocycles. The van der Waals surface area contributed by atoms with Gasteiger partial charge in [-0.2, -0.15) is 13.2 Å². The van der Waals surface area contributed by atoms with Gasteiger partial charge in [0, 0.05) is 18.2 Å². The highest BCUT2D eigenvalue weighted by molar-refractivity contribution is 5.16. The highest BCUT2D eigenvalue weighted by Crippen LogP contribution is 2.38. The SMILES string of the molecule is CC(C)(C)c1cn2c(n1)C(N)CC(C(F)(F)F)C2. The molecule has 2 atom stereocenters. The van der Waals surface area contributed by atoms with E-state index in [1.54, 1.807) is 10.8 Å². The van der Waals surface area contributed by atoms with Gasteiger partial charge in [-0.1, -0.05) is 20.8 Å². The molecule has 0 bridgehead atoms.